The third-order valence-corrected chi connectivity index (χ3v) is 7.78. The molecule has 1 aliphatic rings. The summed E-state index contributed by atoms with van der Waals surface area (Å²) in [5.41, 5.74) is 0.507. The van der Waals surface area contributed by atoms with E-state index in [1.165, 1.54) is 24.3 Å². The van der Waals surface area contributed by atoms with E-state index in [1.54, 1.807) is 12.1 Å². The number of ether oxygens (including phenoxy) is 1. The summed E-state index contributed by atoms with van der Waals surface area (Å²) in [6.45, 7) is 0.266. The van der Waals surface area contributed by atoms with E-state index < -0.39 is 91.7 Å². The Balaban J connectivity index is 2.29. The molecule has 0 unspecified atom stereocenters. The Kier molecular flexibility index (Phi) is 14.3. The highest BCUT2D eigenvalue weighted by Crippen LogP contribution is 2.64. The van der Waals surface area contributed by atoms with E-state index in [0.717, 1.165) is 0 Å². The molecule has 7 nitrogen and oxygen atoms in total. The van der Waals surface area contributed by atoms with Gasteiger partial charge in [-0.1, -0.05) is 30.9 Å². The van der Waals surface area contributed by atoms with Crippen molar-refractivity contribution >= 4 is 17.9 Å². The first-order valence-corrected chi connectivity index (χ1v) is 15.5. The topological polar surface area (TPSA) is 87.7 Å². The van der Waals surface area contributed by atoms with Gasteiger partial charge in [-0.05, 0) is 49.0 Å². The number of nitrogens with zero attached hydrogens (tertiary/aromatic N) is 1. The van der Waals surface area contributed by atoms with Crippen molar-refractivity contribution in [3.63, 3.8) is 0 Å². The van der Waals surface area contributed by atoms with E-state index in [9.17, 15) is 89.0 Å². The van der Waals surface area contributed by atoms with Gasteiger partial charge >= 0.3 is 59.6 Å². The number of allylic oxidation sites excluding steroid dienone is 1. The van der Waals surface area contributed by atoms with Crippen molar-refractivity contribution in [1.82, 2.24) is 15.5 Å². The summed E-state index contributed by atoms with van der Waals surface area (Å²) in [4.78, 5) is 38.5. The number of hydrogen-bond donors (Lipinski definition) is 2. The molecule has 0 spiro atoms. The van der Waals surface area contributed by atoms with Gasteiger partial charge in [0.25, 0.3) is 5.91 Å². The lowest BCUT2D eigenvalue weighted by atomic mass is 9.88. The van der Waals surface area contributed by atoms with Gasteiger partial charge in [0.15, 0.2) is 0 Å². The van der Waals surface area contributed by atoms with Crippen LogP contribution in [0.15, 0.2) is 48.6 Å². The average Bonchev–Trinajstić information content (AvgIpc) is 3.05. The zero-order chi connectivity index (χ0) is 42.5. The standard InChI is InChI=1S/C31H30F17N3O4/c1-18-7-4-2-3-5-12-49-23(54)50-13-10-19-8-6-9-20(15-19)22(53)51(16-18)17-21(52)55-14-11-24(32,33)25(34,35)26(36,37)27(38,39)28(40,41)29(42,43)30(44,45)31(46,47)48/h4,6-9,15H,1-3,5,10-14,16-17H2,(H2,49,50,54)/b7-4+. The second kappa shape index (κ2) is 16.8. The molecule has 0 aromatic heterocycles. The van der Waals surface area contributed by atoms with Crippen LogP contribution in [0.2, 0.25) is 0 Å². The van der Waals surface area contributed by atoms with Crippen molar-refractivity contribution in [2.45, 2.75) is 79.7 Å². The molecule has 1 aromatic carbocycles. The molecule has 0 fully saturated rings. The van der Waals surface area contributed by atoms with Crippen molar-refractivity contribution in [1.29, 1.82) is 0 Å². The average molecular weight is 832 g/mol. The Bertz CT molecular complexity index is 1580. The molecule has 3 amide bonds. The molecule has 1 heterocycles. The van der Waals surface area contributed by atoms with Gasteiger partial charge in [0, 0.05) is 25.2 Å². The van der Waals surface area contributed by atoms with Crippen molar-refractivity contribution in [3.05, 3.63) is 59.7 Å². The van der Waals surface area contributed by atoms with E-state index in [-0.39, 0.29) is 24.1 Å². The second-order valence-electron chi connectivity index (χ2n) is 12.0. The van der Waals surface area contributed by atoms with E-state index in [2.05, 4.69) is 21.9 Å². The van der Waals surface area contributed by atoms with Gasteiger partial charge in [-0.2, -0.15) is 74.6 Å². The number of halogens is 17. The summed E-state index contributed by atoms with van der Waals surface area (Å²) in [6.07, 6.45) is -6.09. The number of fused-ring (bicyclic) bond motifs is 2. The molecule has 55 heavy (non-hydrogen) atoms. The smallest absolute Gasteiger partial charge is 0.460 e. The largest absolute Gasteiger partial charge is 0.464 e. The monoisotopic (exact) mass is 831 g/mol. The van der Waals surface area contributed by atoms with Gasteiger partial charge in [0.2, 0.25) is 0 Å². The summed E-state index contributed by atoms with van der Waals surface area (Å²) in [6, 6.07) is 5.06. The third kappa shape index (κ3) is 9.76. The fourth-order valence-corrected chi connectivity index (χ4v) is 4.61. The molecule has 2 rings (SSSR count). The SMILES string of the molecule is C=C1/C=C/CCCCNC(=O)NCCc2cccc(c2)C(=O)N(CC(=O)OCCC(F)(F)C(F)(F)C(F)(F)C(F)(F)C(F)(F)C(F)(F)C(F)(F)C(F)(F)F)C1. The number of alkyl halides is 17. The highest BCUT2D eigenvalue weighted by atomic mass is 19.4. The van der Waals surface area contributed by atoms with Crippen LogP contribution in [0.5, 0.6) is 0 Å². The molecule has 1 aromatic rings. The fourth-order valence-electron chi connectivity index (χ4n) is 4.61. The lowest BCUT2D eigenvalue weighted by Gasteiger charge is -2.42. The van der Waals surface area contributed by atoms with Gasteiger partial charge < -0.3 is 20.3 Å². The summed E-state index contributed by atoms with van der Waals surface area (Å²) < 4.78 is 234. The zero-order valence-electron chi connectivity index (χ0n) is 27.7. The Morgan fingerprint density at radius 1 is 0.745 bits per heavy atom. The maximum atomic E-state index is 14.3. The van der Waals surface area contributed by atoms with Crippen LogP contribution >= 0.6 is 0 Å². The van der Waals surface area contributed by atoms with Gasteiger partial charge in [-0.3, -0.25) is 9.59 Å². The Morgan fingerprint density at radius 3 is 1.87 bits per heavy atom. The Labute approximate surface area is 299 Å². The maximum absolute atomic E-state index is 14.3. The number of urea groups is 1. The normalized spacial score (nSPS) is 17.8. The van der Waals surface area contributed by atoms with E-state index in [0.29, 0.717) is 36.3 Å². The molecule has 0 aliphatic carbocycles. The quantitative estimate of drug-likeness (QED) is 0.174. The molecule has 0 atom stereocenters. The highest BCUT2D eigenvalue weighted by molar-refractivity contribution is 5.96. The predicted octanol–water partition coefficient (Wildman–Crippen LogP) is 8.21. The summed E-state index contributed by atoms with van der Waals surface area (Å²) >= 11 is 0. The van der Waals surface area contributed by atoms with Crippen molar-refractivity contribution in [3.8, 4) is 0 Å². The van der Waals surface area contributed by atoms with Crippen LogP contribution in [-0.2, 0) is 16.0 Å². The Hall–Kier alpha value is -4.28. The first kappa shape index (κ1) is 46.9. The van der Waals surface area contributed by atoms with Gasteiger partial charge in [-0.25, -0.2) is 4.79 Å². The predicted molar refractivity (Wildman–Crippen MR) is 156 cm³/mol. The first-order valence-electron chi connectivity index (χ1n) is 15.5. The molecule has 312 valence electrons. The van der Waals surface area contributed by atoms with Crippen molar-refractivity contribution in [2.24, 2.45) is 0 Å². The number of nitrogens with one attached hydrogen (secondary N) is 2. The minimum atomic E-state index is -8.76. The number of carbonyl (C=O) groups is 3. The zero-order valence-corrected chi connectivity index (χ0v) is 27.7. The highest BCUT2D eigenvalue weighted by Gasteiger charge is 2.95. The van der Waals surface area contributed by atoms with Crippen LogP contribution in [0.4, 0.5) is 79.4 Å². The van der Waals surface area contributed by atoms with Crippen LogP contribution < -0.4 is 10.6 Å². The molecule has 2 N–H and O–H groups in total. The lowest BCUT2D eigenvalue weighted by molar-refractivity contribution is -0.461. The number of rotatable bonds is 11. The minimum absolute atomic E-state index is 0.106. The molecular weight excluding hydrogens is 801 g/mol. The number of benzene rings is 1. The van der Waals surface area contributed by atoms with Gasteiger partial charge in [-0.15, -0.1) is 0 Å². The Morgan fingerprint density at radius 2 is 1.29 bits per heavy atom. The van der Waals surface area contributed by atoms with Crippen LogP contribution in [0, 0.1) is 0 Å². The number of amides is 3. The molecule has 0 saturated heterocycles. The third-order valence-electron chi connectivity index (χ3n) is 7.78. The lowest BCUT2D eigenvalue weighted by Crippen LogP contribution is -2.74. The molecule has 2 bridgehead atoms. The summed E-state index contributed by atoms with van der Waals surface area (Å²) in [7, 11) is 0. The van der Waals surface area contributed by atoms with Crippen LogP contribution in [0.3, 0.4) is 0 Å². The maximum Gasteiger partial charge on any atom is 0.460 e. The second-order valence-corrected chi connectivity index (χ2v) is 12.0. The van der Waals surface area contributed by atoms with E-state index >= 15 is 0 Å². The number of esters is 1. The molecular formula is C31H30F17N3O4. The number of carbonyl (C=O) groups excluding carboxylic acids is 3. The van der Waals surface area contributed by atoms with E-state index in [1.807, 2.05) is 0 Å². The summed E-state index contributed by atoms with van der Waals surface area (Å²) in [5, 5.41) is 5.24. The van der Waals surface area contributed by atoms with Crippen LogP contribution in [0.1, 0.15) is 41.6 Å². The minimum Gasteiger partial charge on any atom is -0.464 e. The van der Waals surface area contributed by atoms with Crippen LogP contribution in [-0.4, -0.2) is 103 Å². The van der Waals surface area contributed by atoms with Crippen molar-refractivity contribution in [2.75, 3.05) is 32.8 Å². The molecule has 1 aliphatic heterocycles. The van der Waals surface area contributed by atoms with Gasteiger partial charge in [0.1, 0.15) is 6.54 Å². The molecule has 24 heteroatoms. The van der Waals surface area contributed by atoms with Crippen LogP contribution in [0.25, 0.3) is 0 Å². The molecule has 0 radical (unpaired) electrons. The number of hydrogen-bond acceptors (Lipinski definition) is 4. The first-order chi connectivity index (χ1) is 24.9. The van der Waals surface area contributed by atoms with E-state index in [4.69, 9.17) is 0 Å². The van der Waals surface area contributed by atoms with Gasteiger partial charge in [0.05, 0.1) is 13.0 Å². The summed E-state index contributed by atoms with van der Waals surface area (Å²) in [5.74, 6) is -60.2. The molecule has 0 saturated carbocycles. The fraction of sp³-hybridized carbons (Fsp3) is 0.581. The van der Waals surface area contributed by atoms with Crippen molar-refractivity contribution < 1.29 is 93.8 Å².